The fourth-order valence-corrected chi connectivity index (χ4v) is 3.50. The number of nitrogens with one attached hydrogen (secondary N) is 1. The number of halogens is 4. The van der Waals surface area contributed by atoms with Crippen molar-refractivity contribution >= 4 is 41.3 Å². The van der Waals surface area contributed by atoms with E-state index in [9.17, 15) is 13.2 Å². The SMILES string of the molecule is CN=C(NCc1ccc(OC)cc1C(F)(F)F)N(C)Cc1csc(C(C)OC)n1.I. The number of guanidine groups is 1. The standard InChI is InChI=1S/C19H25F3N4O2S.HI/c1-12(27-4)17-25-14(11-29-17)10-26(3)18(23-2)24-9-13-6-7-15(28-5)8-16(13)19(20,21)22;/h6-8,11-12H,9-10H2,1-5H3,(H,23,24);1H. The largest absolute Gasteiger partial charge is 0.497 e. The van der Waals surface area contributed by atoms with Crippen LogP contribution in [-0.4, -0.2) is 44.2 Å². The molecule has 0 aliphatic rings. The van der Waals surface area contributed by atoms with E-state index >= 15 is 0 Å². The van der Waals surface area contributed by atoms with E-state index in [2.05, 4.69) is 15.3 Å². The van der Waals surface area contributed by atoms with Gasteiger partial charge < -0.3 is 19.7 Å². The minimum absolute atomic E-state index is 0. The Morgan fingerprint density at radius 2 is 2.03 bits per heavy atom. The van der Waals surface area contributed by atoms with Gasteiger partial charge in [-0.25, -0.2) is 4.98 Å². The lowest BCUT2D eigenvalue weighted by Crippen LogP contribution is -2.38. The first kappa shape index (κ1) is 26.4. The zero-order valence-corrected chi connectivity index (χ0v) is 20.6. The summed E-state index contributed by atoms with van der Waals surface area (Å²) < 4.78 is 50.3. The summed E-state index contributed by atoms with van der Waals surface area (Å²) in [5.41, 5.74) is 0.206. The third kappa shape index (κ3) is 6.98. The molecule has 11 heteroatoms. The molecule has 2 rings (SSSR count). The van der Waals surface area contributed by atoms with Crippen LogP contribution in [0.5, 0.6) is 5.75 Å². The average Bonchev–Trinajstić information content (AvgIpc) is 3.15. The van der Waals surface area contributed by atoms with E-state index in [-0.39, 0.29) is 47.9 Å². The van der Waals surface area contributed by atoms with Gasteiger partial charge >= 0.3 is 6.18 Å². The Morgan fingerprint density at radius 3 is 2.60 bits per heavy atom. The van der Waals surface area contributed by atoms with Gasteiger partial charge in [0.25, 0.3) is 0 Å². The van der Waals surface area contributed by atoms with E-state index in [0.29, 0.717) is 12.5 Å². The van der Waals surface area contributed by atoms with Crippen LogP contribution in [0.1, 0.15) is 34.9 Å². The molecule has 1 unspecified atom stereocenters. The molecule has 0 spiro atoms. The number of ether oxygens (including phenoxy) is 2. The van der Waals surface area contributed by atoms with Crippen LogP contribution in [0.3, 0.4) is 0 Å². The molecule has 1 atom stereocenters. The van der Waals surface area contributed by atoms with Gasteiger partial charge in [0, 0.05) is 33.1 Å². The molecule has 0 radical (unpaired) electrons. The quantitative estimate of drug-likeness (QED) is 0.304. The number of aromatic nitrogens is 1. The van der Waals surface area contributed by atoms with Crippen molar-refractivity contribution in [2.75, 3.05) is 28.3 Å². The Balaban J connectivity index is 0.00000450. The second-order valence-electron chi connectivity index (χ2n) is 6.33. The summed E-state index contributed by atoms with van der Waals surface area (Å²) in [4.78, 5) is 10.5. The highest BCUT2D eigenvalue weighted by Crippen LogP contribution is 2.34. The molecule has 0 amide bonds. The molecule has 30 heavy (non-hydrogen) atoms. The van der Waals surface area contributed by atoms with Gasteiger partial charge in [-0.3, -0.25) is 4.99 Å². The highest BCUT2D eigenvalue weighted by atomic mass is 127. The number of benzene rings is 1. The number of rotatable bonds is 7. The molecule has 0 saturated heterocycles. The minimum atomic E-state index is -4.48. The molecule has 1 aromatic heterocycles. The number of hydrogen-bond donors (Lipinski definition) is 1. The predicted octanol–water partition coefficient (Wildman–Crippen LogP) is 4.70. The monoisotopic (exact) mass is 558 g/mol. The van der Waals surface area contributed by atoms with Gasteiger partial charge in [0.05, 0.1) is 24.9 Å². The van der Waals surface area contributed by atoms with E-state index in [1.807, 2.05) is 12.3 Å². The topological polar surface area (TPSA) is 59.0 Å². The van der Waals surface area contributed by atoms with Crippen molar-refractivity contribution in [3.8, 4) is 5.75 Å². The molecule has 1 aromatic carbocycles. The average molecular weight is 558 g/mol. The molecule has 2 aromatic rings. The van der Waals surface area contributed by atoms with Crippen molar-refractivity contribution in [3.63, 3.8) is 0 Å². The zero-order valence-electron chi connectivity index (χ0n) is 17.4. The Labute approximate surface area is 195 Å². The lowest BCUT2D eigenvalue weighted by Gasteiger charge is -2.22. The number of aliphatic imine (C=N–C) groups is 1. The van der Waals surface area contributed by atoms with E-state index < -0.39 is 11.7 Å². The highest BCUT2D eigenvalue weighted by Gasteiger charge is 2.33. The van der Waals surface area contributed by atoms with Gasteiger partial charge in [0.1, 0.15) is 16.9 Å². The van der Waals surface area contributed by atoms with Gasteiger partial charge in [-0.1, -0.05) is 6.07 Å². The first-order valence-electron chi connectivity index (χ1n) is 8.82. The maximum atomic E-state index is 13.4. The van der Waals surface area contributed by atoms with Crippen LogP contribution >= 0.6 is 35.3 Å². The predicted molar refractivity (Wildman–Crippen MR) is 123 cm³/mol. The maximum Gasteiger partial charge on any atom is 0.416 e. The molecule has 168 valence electrons. The summed E-state index contributed by atoms with van der Waals surface area (Å²) in [6.45, 7) is 2.35. The van der Waals surface area contributed by atoms with Crippen LogP contribution in [0.2, 0.25) is 0 Å². The lowest BCUT2D eigenvalue weighted by molar-refractivity contribution is -0.138. The van der Waals surface area contributed by atoms with Crippen LogP contribution < -0.4 is 10.1 Å². The number of methoxy groups -OCH3 is 2. The second kappa shape index (κ2) is 11.7. The highest BCUT2D eigenvalue weighted by molar-refractivity contribution is 14.0. The summed E-state index contributed by atoms with van der Waals surface area (Å²) in [7, 11) is 6.34. The molecular weight excluding hydrogens is 532 g/mol. The Morgan fingerprint density at radius 1 is 1.33 bits per heavy atom. The number of thiazole rings is 1. The molecule has 0 fully saturated rings. The smallest absolute Gasteiger partial charge is 0.416 e. The third-order valence-corrected chi connectivity index (χ3v) is 5.36. The van der Waals surface area contributed by atoms with Crippen molar-refractivity contribution in [2.45, 2.75) is 32.3 Å². The molecular formula is C19H26F3IN4O2S. The normalized spacial score (nSPS) is 12.9. The van der Waals surface area contributed by atoms with Crippen LogP contribution in [0, 0.1) is 0 Å². The summed E-state index contributed by atoms with van der Waals surface area (Å²) in [6, 6.07) is 3.91. The molecule has 6 nitrogen and oxygen atoms in total. The van der Waals surface area contributed by atoms with Crippen LogP contribution in [0.15, 0.2) is 28.6 Å². The molecule has 1 N–H and O–H groups in total. The van der Waals surface area contributed by atoms with E-state index in [4.69, 9.17) is 9.47 Å². The minimum Gasteiger partial charge on any atom is -0.497 e. The van der Waals surface area contributed by atoms with Gasteiger partial charge in [0.2, 0.25) is 0 Å². The molecule has 0 aliphatic heterocycles. The third-order valence-electron chi connectivity index (χ3n) is 4.30. The zero-order chi connectivity index (χ0) is 21.6. The molecule has 1 heterocycles. The van der Waals surface area contributed by atoms with E-state index in [1.165, 1.54) is 30.6 Å². The van der Waals surface area contributed by atoms with Crippen molar-refractivity contribution in [3.05, 3.63) is 45.4 Å². The maximum absolute atomic E-state index is 13.4. The summed E-state index contributed by atoms with van der Waals surface area (Å²) in [6.07, 6.45) is -4.57. The van der Waals surface area contributed by atoms with Gasteiger partial charge in [-0.2, -0.15) is 13.2 Å². The van der Waals surface area contributed by atoms with E-state index in [1.54, 1.807) is 26.1 Å². The fourth-order valence-electron chi connectivity index (χ4n) is 2.66. The summed E-state index contributed by atoms with van der Waals surface area (Å²) >= 11 is 1.50. The van der Waals surface area contributed by atoms with Gasteiger partial charge in [0.15, 0.2) is 5.96 Å². The Hall–Kier alpha value is -1.60. The summed E-state index contributed by atoms with van der Waals surface area (Å²) in [5, 5.41) is 5.78. The molecule has 0 aliphatic carbocycles. The Kier molecular flexibility index (Phi) is 10.3. The molecule has 0 saturated carbocycles. The van der Waals surface area contributed by atoms with Crippen molar-refractivity contribution in [1.82, 2.24) is 15.2 Å². The Bertz CT molecular complexity index is 845. The van der Waals surface area contributed by atoms with Crippen LogP contribution in [0.4, 0.5) is 13.2 Å². The van der Waals surface area contributed by atoms with Crippen molar-refractivity contribution in [2.24, 2.45) is 4.99 Å². The second-order valence-corrected chi connectivity index (χ2v) is 7.22. The number of alkyl halides is 3. The van der Waals surface area contributed by atoms with Crippen molar-refractivity contribution < 1.29 is 22.6 Å². The van der Waals surface area contributed by atoms with Crippen LogP contribution in [-0.2, 0) is 24.0 Å². The fraction of sp³-hybridized carbons (Fsp3) is 0.474. The van der Waals surface area contributed by atoms with Gasteiger partial charge in [-0.15, -0.1) is 35.3 Å². The number of hydrogen-bond acceptors (Lipinski definition) is 5. The summed E-state index contributed by atoms with van der Waals surface area (Å²) in [5.74, 6) is 0.621. The lowest BCUT2D eigenvalue weighted by atomic mass is 10.1. The number of nitrogens with zero attached hydrogens (tertiary/aromatic N) is 3. The van der Waals surface area contributed by atoms with E-state index in [0.717, 1.165) is 16.8 Å². The molecule has 0 bridgehead atoms. The first-order chi connectivity index (χ1) is 13.7. The van der Waals surface area contributed by atoms with Gasteiger partial charge in [-0.05, 0) is 24.6 Å². The van der Waals surface area contributed by atoms with Crippen LogP contribution in [0.25, 0.3) is 0 Å². The first-order valence-corrected chi connectivity index (χ1v) is 9.70. The van der Waals surface area contributed by atoms with Crippen molar-refractivity contribution in [1.29, 1.82) is 0 Å².